The normalized spacial score (nSPS) is 13.8. The Balaban J connectivity index is 2.41. The van der Waals surface area contributed by atoms with Crippen molar-refractivity contribution in [1.82, 2.24) is 5.32 Å². The van der Waals surface area contributed by atoms with Crippen molar-refractivity contribution in [2.24, 2.45) is 0 Å². The first-order chi connectivity index (χ1) is 12.1. The molecule has 0 fully saturated rings. The Morgan fingerprint density at radius 1 is 1.12 bits per heavy atom. The molecule has 0 bridgehead atoms. The lowest BCUT2D eigenvalue weighted by atomic mass is 10.0. The summed E-state index contributed by atoms with van der Waals surface area (Å²) in [5.74, 6) is -0.273. The molecule has 4 heteroatoms. The minimum Gasteiger partial charge on any atom is -0.394 e. The first kappa shape index (κ1) is 21.4. The molecule has 0 saturated heterocycles. The van der Waals surface area contributed by atoms with Crippen LogP contribution in [-0.2, 0) is 11.2 Å². The zero-order chi connectivity index (χ0) is 18.5. The number of rotatable bonds is 12. The third-order valence-electron chi connectivity index (χ3n) is 4.28. The number of carbonyl (C=O) groups excluding carboxylic acids is 1. The van der Waals surface area contributed by atoms with Crippen LogP contribution in [0.3, 0.4) is 0 Å². The molecule has 0 aliphatic rings. The predicted octanol–water partition coefficient (Wildman–Crippen LogP) is 3.46. The highest BCUT2D eigenvalue weighted by molar-refractivity contribution is 5.73. The molecule has 2 atom stereocenters. The summed E-state index contributed by atoms with van der Waals surface area (Å²) in [5, 5.41) is 21.8. The number of hydrogen-bond donors (Lipinski definition) is 3. The highest BCUT2D eigenvalue weighted by Crippen LogP contribution is 2.12. The lowest BCUT2D eigenvalue weighted by Gasteiger charge is -2.18. The molecule has 1 amide bonds. The number of unbranched alkanes of at least 4 members (excludes halogenated alkanes) is 5. The van der Waals surface area contributed by atoms with E-state index in [1.54, 1.807) is 6.08 Å². The van der Waals surface area contributed by atoms with E-state index in [4.69, 9.17) is 0 Å². The van der Waals surface area contributed by atoms with Gasteiger partial charge in [0.25, 0.3) is 0 Å². The topological polar surface area (TPSA) is 69.6 Å². The van der Waals surface area contributed by atoms with Crippen molar-refractivity contribution in [1.29, 1.82) is 0 Å². The second-order valence-electron chi connectivity index (χ2n) is 6.60. The van der Waals surface area contributed by atoms with Crippen LogP contribution in [0.15, 0.2) is 30.3 Å². The summed E-state index contributed by atoms with van der Waals surface area (Å²) in [6.45, 7) is 3.29. The van der Waals surface area contributed by atoms with Gasteiger partial charge in [-0.15, -0.1) is 0 Å². The number of aryl methyl sites for hydroxylation is 1. The average molecular weight is 347 g/mol. The van der Waals surface area contributed by atoms with Gasteiger partial charge in [-0.1, -0.05) is 75.4 Å². The molecule has 1 rings (SSSR count). The molecular weight excluding hydrogens is 314 g/mol. The summed E-state index contributed by atoms with van der Waals surface area (Å²) in [6.07, 6.45) is 11.4. The van der Waals surface area contributed by atoms with E-state index >= 15 is 0 Å². The molecule has 0 aliphatic carbocycles. The number of carbonyl (C=O) groups is 1. The molecule has 0 spiro atoms. The van der Waals surface area contributed by atoms with E-state index in [0.717, 1.165) is 12.0 Å². The van der Waals surface area contributed by atoms with E-state index < -0.39 is 12.1 Å². The monoisotopic (exact) mass is 347 g/mol. The molecule has 4 nitrogen and oxygen atoms in total. The fourth-order valence-electron chi connectivity index (χ4n) is 2.75. The quantitative estimate of drug-likeness (QED) is 0.507. The van der Waals surface area contributed by atoms with E-state index in [1.165, 1.54) is 51.0 Å². The van der Waals surface area contributed by atoms with Crippen LogP contribution in [0.5, 0.6) is 0 Å². The summed E-state index contributed by atoms with van der Waals surface area (Å²) in [6, 6.07) is 7.62. The first-order valence-corrected chi connectivity index (χ1v) is 9.40. The Morgan fingerprint density at radius 2 is 1.76 bits per heavy atom. The lowest BCUT2D eigenvalue weighted by Crippen LogP contribution is -2.44. The number of amides is 1. The standard InChI is InChI=1S/C21H33NO3/c1-3-4-5-6-7-8-9-18-10-12-19(13-11-18)14-15-21(25)20(16-23)22-17(2)24/h10-15,20-21,23,25H,3-9,16H2,1-2H3,(H,22,24)/b15-14+/t20-,21+/m0/s1. The van der Waals surface area contributed by atoms with Crippen molar-refractivity contribution in [3.63, 3.8) is 0 Å². The third-order valence-corrected chi connectivity index (χ3v) is 4.28. The summed E-state index contributed by atoms with van der Waals surface area (Å²) < 4.78 is 0. The van der Waals surface area contributed by atoms with Gasteiger partial charge >= 0.3 is 0 Å². The van der Waals surface area contributed by atoms with Gasteiger partial charge < -0.3 is 15.5 Å². The number of nitrogens with one attached hydrogen (secondary N) is 1. The lowest BCUT2D eigenvalue weighted by molar-refractivity contribution is -0.120. The summed E-state index contributed by atoms with van der Waals surface area (Å²) >= 11 is 0. The molecule has 0 saturated carbocycles. The van der Waals surface area contributed by atoms with Gasteiger partial charge in [0, 0.05) is 6.92 Å². The minimum absolute atomic E-state index is 0.273. The molecule has 25 heavy (non-hydrogen) atoms. The van der Waals surface area contributed by atoms with E-state index in [-0.39, 0.29) is 12.5 Å². The second kappa shape index (κ2) is 12.7. The fourth-order valence-corrected chi connectivity index (χ4v) is 2.75. The number of hydrogen-bond acceptors (Lipinski definition) is 3. The SMILES string of the molecule is CCCCCCCCc1ccc(/C=C/[C@@H](O)[C@H](CO)NC(C)=O)cc1. The zero-order valence-corrected chi connectivity index (χ0v) is 15.6. The summed E-state index contributed by atoms with van der Waals surface area (Å²) in [4.78, 5) is 11.0. The first-order valence-electron chi connectivity index (χ1n) is 9.40. The maximum absolute atomic E-state index is 11.0. The molecule has 1 aromatic rings. The maximum atomic E-state index is 11.0. The van der Waals surface area contributed by atoms with Crippen LogP contribution in [0.4, 0.5) is 0 Å². The Labute approximate surface area is 152 Å². The molecule has 0 radical (unpaired) electrons. The smallest absolute Gasteiger partial charge is 0.217 e. The minimum atomic E-state index is -0.920. The van der Waals surface area contributed by atoms with E-state index in [0.29, 0.717) is 0 Å². The van der Waals surface area contributed by atoms with Crippen molar-refractivity contribution < 1.29 is 15.0 Å². The van der Waals surface area contributed by atoms with Gasteiger partial charge in [-0.25, -0.2) is 0 Å². The third kappa shape index (κ3) is 9.42. The molecule has 0 aliphatic heterocycles. The van der Waals surface area contributed by atoms with Gasteiger partial charge in [0.2, 0.25) is 5.91 Å². The van der Waals surface area contributed by atoms with Gasteiger partial charge in [-0.3, -0.25) is 4.79 Å². The maximum Gasteiger partial charge on any atom is 0.217 e. The van der Waals surface area contributed by atoms with Gasteiger partial charge in [-0.05, 0) is 24.0 Å². The molecule has 3 N–H and O–H groups in total. The molecule has 0 unspecified atom stereocenters. The molecule has 0 heterocycles. The Bertz CT molecular complexity index is 510. The molecule has 1 aromatic carbocycles. The number of aliphatic hydroxyl groups excluding tert-OH is 2. The second-order valence-corrected chi connectivity index (χ2v) is 6.60. The van der Waals surface area contributed by atoms with Crippen LogP contribution in [0.1, 0.15) is 63.5 Å². The Morgan fingerprint density at radius 3 is 2.36 bits per heavy atom. The van der Waals surface area contributed by atoms with E-state index in [9.17, 15) is 15.0 Å². The number of benzene rings is 1. The Hall–Kier alpha value is -1.65. The summed E-state index contributed by atoms with van der Waals surface area (Å²) in [7, 11) is 0. The van der Waals surface area contributed by atoms with Gasteiger partial charge in [0.15, 0.2) is 0 Å². The van der Waals surface area contributed by atoms with E-state index in [2.05, 4.69) is 24.4 Å². The zero-order valence-electron chi connectivity index (χ0n) is 15.6. The van der Waals surface area contributed by atoms with Crippen LogP contribution in [0.2, 0.25) is 0 Å². The van der Waals surface area contributed by atoms with Crippen molar-refractivity contribution in [3.8, 4) is 0 Å². The highest BCUT2D eigenvalue weighted by atomic mass is 16.3. The highest BCUT2D eigenvalue weighted by Gasteiger charge is 2.16. The fraction of sp³-hybridized carbons (Fsp3) is 0.571. The van der Waals surface area contributed by atoms with Crippen molar-refractivity contribution in [2.45, 2.75) is 70.9 Å². The average Bonchev–Trinajstić information content (AvgIpc) is 2.61. The summed E-state index contributed by atoms with van der Waals surface area (Å²) in [5.41, 5.74) is 2.32. The molecule has 0 aromatic heterocycles. The van der Waals surface area contributed by atoms with E-state index in [1.807, 2.05) is 18.2 Å². The van der Waals surface area contributed by atoms with Crippen molar-refractivity contribution in [3.05, 3.63) is 41.5 Å². The van der Waals surface area contributed by atoms with Crippen molar-refractivity contribution >= 4 is 12.0 Å². The molecular formula is C21H33NO3. The Kier molecular flexibility index (Phi) is 10.8. The van der Waals surface area contributed by atoms with Crippen LogP contribution >= 0.6 is 0 Å². The van der Waals surface area contributed by atoms with Crippen LogP contribution in [0, 0.1) is 0 Å². The van der Waals surface area contributed by atoms with Crippen molar-refractivity contribution in [2.75, 3.05) is 6.61 Å². The van der Waals surface area contributed by atoms with Crippen LogP contribution < -0.4 is 5.32 Å². The van der Waals surface area contributed by atoms with Gasteiger partial charge in [0.05, 0.1) is 18.8 Å². The van der Waals surface area contributed by atoms with Crippen LogP contribution in [-0.4, -0.2) is 34.9 Å². The largest absolute Gasteiger partial charge is 0.394 e. The van der Waals surface area contributed by atoms with Gasteiger partial charge in [-0.2, -0.15) is 0 Å². The predicted molar refractivity (Wildman–Crippen MR) is 103 cm³/mol. The van der Waals surface area contributed by atoms with Crippen LogP contribution in [0.25, 0.3) is 6.08 Å². The van der Waals surface area contributed by atoms with Gasteiger partial charge in [0.1, 0.15) is 0 Å². The number of aliphatic hydroxyl groups is 2. The molecule has 140 valence electrons.